The molecule has 5 nitrogen and oxygen atoms in total. The first kappa shape index (κ1) is 14.2. The van der Waals surface area contributed by atoms with E-state index >= 15 is 0 Å². The van der Waals surface area contributed by atoms with Gasteiger partial charge in [-0.2, -0.15) is 0 Å². The lowest BCUT2D eigenvalue weighted by atomic mass is 10.0. The Labute approximate surface area is 125 Å². The predicted octanol–water partition coefficient (Wildman–Crippen LogP) is 2.32. The van der Waals surface area contributed by atoms with Crippen LogP contribution in [0, 0.1) is 0 Å². The number of fused-ring (bicyclic) bond motifs is 1. The average Bonchev–Trinajstić information content (AvgIpc) is 2.48. The van der Waals surface area contributed by atoms with Gasteiger partial charge in [0.15, 0.2) is 0 Å². The minimum Gasteiger partial charge on any atom is -0.377 e. The molecule has 0 aliphatic carbocycles. The largest absolute Gasteiger partial charge is 0.377 e. The van der Waals surface area contributed by atoms with Crippen molar-refractivity contribution in [2.75, 3.05) is 43.6 Å². The summed E-state index contributed by atoms with van der Waals surface area (Å²) in [5.74, 6) is 0. The molecular weight excluding hydrogens is 266 g/mol. The number of aryl methyl sites for hydroxylation is 1. The van der Waals surface area contributed by atoms with Crippen LogP contribution in [0.25, 0.3) is 0 Å². The number of nitrogens with zero attached hydrogens (tertiary/aromatic N) is 2. The number of carbonyl (C=O) groups is 1. The van der Waals surface area contributed by atoms with E-state index in [9.17, 15) is 4.79 Å². The fourth-order valence-corrected chi connectivity index (χ4v) is 3.09. The summed E-state index contributed by atoms with van der Waals surface area (Å²) in [7, 11) is 2.12. The van der Waals surface area contributed by atoms with E-state index in [0.29, 0.717) is 19.8 Å². The van der Waals surface area contributed by atoms with Gasteiger partial charge in [-0.3, -0.25) is 0 Å². The lowest BCUT2D eigenvalue weighted by Gasteiger charge is -2.33. The molecule has 0 unspecified atom stereocenters. The Morgan fingerprint density at radius 3 is 3.05 bits per heavy atom. The van der Waals surface area contributed by atoms with E-state index in [4.69, 9.17) is 4.74 Å². The van der Waals surface area contributed by atoms with Crippen molar-refractivity contribution < 1.29 is 9.53 Å². The Morgan fingerprint density at radius 2 is 2.24 bits per heavy atom. The number of nitrogens with one attached hydrogen (secondary N) is 1. The molecule has 3 rings (SSSR count). The molecule has 21 heavy (non-hydrogen) atoms. The molecule has 5 heteroatoms. The Balaban J connectivity index is 1.71. The number of benzene rings is 1. The van der Waals surface area contributed by atoms with Crippen LogP contribution in [-0.4, -0.2) is 50.3 Å². The fraction of sp³-hybridized carbons (Fsp3) is 0.562. The monoisotopic (exact) mass is 289 g/mol. The summed E-state index contributed by atoms with van der Waals surface area (Å²) < 4.78 is 5.37. The molecule has 2 amide bonds. The minimum absolute atomic E-state index is 0.0325. The lowest BCUT2D eigenvalue weighted by Crippen LogP contribution is -2.48. The molecule has 0 bridgehead atoms. The van der Waals surface area contributed by atoms with Crippen LogP contribution in [0.1, 0.15) is 18.9 Å². The van der Waals surface area contributed by atoms with Crippen LogP contribution in [0.15, 0.2) is 18.2 Å². The van der Waals surface area contributed by atoms with E-state index in [0.717, 1.165) is 18.7 Å². The van der Waals surface area contributed by atoms with Gasteiger partial charge in [0, 0.05) is 31.5 Å². The van der Waals surface area contributed by atoms with Crippen LogP contribution >= 0.6 is 0 Å². The number of anilines is 2. The van der Waals surface area contributed by atoms with Crippen molar-refractivity contribution in [1.29, 1.82) is 0 Å². The summed E-state index contributed by atoms with van der Waals surface area (Å²) in [5, 5.41) is 3.02. The maximum Gasteiger partial charge on any atom is 0.322 e. The van der Waals surface area contributed by atoms with Crippen LogP contribution in [-0.2, 0) is 11.2 Å². The quantitative estimate of drug-likeness (QED) is 0.863. The SMILES string of the molecule is C[C@H]1COCCN1C(=O)Nc1ccc2c(c1)CCCN2C. The standard InChI is InChI=1S/C16H23N3O2/c1-12-11-21-9-8-19(12)16(20)17-14-5-6-15-13(10-14)4-3-7-18(15)2/h5-6,10,12H,3-4,7-9,11H2,1-2H3,(H,17,20)/t12-/m0/s1. The van der Waals surface area contributed by atoms with Gasteiger partial charge >= 0.3 is 6.03 Å². The van der Waals surface area contributed by atoms with Crippen LogP contribution < -0.4 is 10.2 Å². The highest BCUT2D eigenvalue weighted by Crippen LogP contribution is 2.28. The van der Waals surface area contributed by atoms with Crippen LogP contribution in [0.2, 0.25) is 0 Å². The molecule has 114 valence electrons. The Hall–Kier alpha value is -1.75. The number of morpholine rings is 1. The summed E-state index contributed by atoms with van der Waals surface area (Å²) in [6, 6.07) is 6.29. The van der Waals surface area contributed by atoms with Crippen LogP contribution in [0.3, 0.4) is 0 Å². The molecule has 1 aromatic rings. The summed E-state index contributed by atoms with van der Waals surface area (Å²) in [4.78, 5) is 16.5. The first-order valence-electron chi connectivity index (χ1n) is 7.64. The molecule has 2 aliphatic heterocycles. The minimum atomic E-state index is -0.0325. The van der Waals surface area contributed by atoms with Gasteiger partial charge < -0.3 is 19.9 Å². The Kier molecular flexibility index (Phi) is 4.01. The third-order valence-corrected chi connectivity index (χ3v) is 4.31. The second-order valence-electron chi connectivity index (χ2n) is 5.92. The van der Waals surface area contributed by atoms with Crippen molar-refractivity contribution in [1.82, 2.24) is 4.90 Å². The second-order valence-corrected chi connectivity index (χ2v) is 5.92. The average molecular weight is 289 g/mol. The number of hydrogen-bond acceptors (Lipinski definition) is 3. The molecule has 2 heterocycles. The topological polar surface area (TPSA) is 44.8 Å². The molecule has 0 aromatic heterocycles. The van der Waals surface area contributed by atoms with Gasteiger partial charge in [0.1, 0.15) is 0 Å². The first-order chi connectivity index (χ1) is 10.1. The number of rotatable bonds is 1. The van der Waals surface area contributed by atoms with Gasteiger partial charge in [-0.1, -0.05) is 0 Å². The fourth-order valence-electron chi connectivity index (χ4n) is 3.09. The van der Waals surface area contributed by atoms with Gasteiger partial charge in [0.2, 0.25) is 0 Å². The zero-order valence-corrected chi connectivity index (χ0v) is 12.8. The summed E-state index contributed by atoms with van der Waals surface area (Å²) in [6.07, 6.45) is 2.25. The van der Waals surface area contributed by atoms with E-state index in [1.807, 2.05) is 17.9 Å². The van der Waals surface area contributed by atoms with Crippen molar-refractivity contribution in [3.05, 3.63) is 23.8 Å². The zero-order valence-electron chi connectivity index (χ0n) is 12.8. The number of ether oxygens (including phenoxy) is 1. The maximum absolute atomic E-state index is 12.4. The first-order valence-corrected chi connectivity index (χ1v) is 7.64. The zero-order chi connectivity index (χ0) is 14.8. The number of amides is 2. The van der Waals surface area contributed by atoms with Gasteiger partial charge in [0.25, 0.3) is 0 Å². The van der Waals surface area contributed by atoms with Gasteiger partial charge in [-0.15, -0.1) is 0 Å². The van der Waals surface area contributed by atoms with Gasteiger partial charge in [-0.05, 0) is 43.5 Å². The molecular formula is C16H23N3O2. The molecule has 1 atom stereocenters. The molecule has 0 saturated carbocycles. The van der Waals surface area contributed by atoms with Crippen molar-refractivity contribution >= 4 is 17.4 Å². The smallest absolute Gasteiger partial charge is 0.322 e. The van der Waals surface area contributed by atoms with E-state index in [1.165, 1.54) is 17.7 Å². The number of urea groups is 1. The van der Waals surface area contributed by atoms with E-state index in [-0.39, 0.29) is 12.1 Å². The highest BCUT2D eigenvalue weighted by molar-refractivity contribution is 5.90. The van der Waals surface area contributed by atoms with Crippen molar-refractivity contribution in [2.24, 2.45) is 0 Å². The molecule has 1 aromatic carbocycles. The predicted molar refractivity (Wildman–Crippen MR) is 84.0 cm³/mol. The number of carbonyl (C=O) groups excluding carboxylic acids is 1. The maximum atomic E-state index is 12.4. The summed E-state index contributed by atoms with van der Waals surface area (Å²) in [5.41, 5.74) is 3.48. The Bertz CT molecular complexity index is 532. The normalized spacial score (nSPS) is 21.9. The molecule has 1 saturated heterocycles. The van der Waals surface area contributed by atoms with E-state index in [1.54, 1.807) is 0 Å². The van der Waals surface area contributed by atoms with Crippen molar-refractivity contribution in [3.63, 3.8) is 0 Å². The van der Waals surface area contributed by atoms with E-state index < -0.39 is 0 Å². The molecule has 2 aliphatic rings. The molecule has 0 spiro atoms. The molecule has 1 N–H and O–H groups in total. The second kappa shape index (κ2) is 5.93. The van der Waals surface area contributed by atoms with Crippen molar-refractivity contribution in [2.45, 2.75) is 25.8 Å². The third kappa shape index (κ3) is 2.97. The molecule has 0 radical (unpaired) electrons. The van der Waals surface area contributed by atoms with Gasteiger partial charge in [0.05, 0.1) is 19.3 Å². The van der Waals surface area contributed by atoms with Crippen LogP contribution in [0.5, 0.6) is 0 Å². The highest BCUT2D eigenvalue weighted by atomic mass is 16.5. The van der Waals surface area contributed by atoms with E-state index in [2.05, 4.69) is 29.4 Å². The van der Waals surface area contributed by atoms with Gasteiger partial charge in [-0.25, -0.2) is 4.79 Å². The highest BCUT2D eigenvalue weighted by Gasteiger charge is 2.24. The van der Waals surface area contributed by atoms with Crippen LogP contribution in [0.4, 0.5) is 16.2 Å². The summed E-state index contributed by atoms with van der Waals surface area (Å²) >= 11 is 0. The summed E-state index contributed by atoms with van der Waals surface area (Å²) in [6.45, 7) is 5.00. The number of hydrogen-bond donors (Lipinski definition) is 1. The third-order valence-electron chi connectivity index (χ3n) is 4.31. The Morgan fingerprint density at radius 1 is 1.38 bits per heavy atom. The van der Waals surface area contributed by atoms with Crippen molar-refractivity contribution in [3.8, 4) is 0 Å². The molecule has 1 fully saturated rings. The lowest BCUT2D eigenvalue weighted by molar-refractivity contribution is 0.0222.